The van der Waals surface area contributed by atoms with E-state index in [4.69, 9.17) is 5.73 Å². The molecule has 1 aromatic carbocycles. The molecule has 2 N–H and O–H groups in total. The first-order chi connectivity index (χ1) is 8.54. The van der Waals surface area contributed by atoms with Crippen molar-refractivity contribution >= 4 is 28.7 Å². The van der Waals surface area contributed by atoms with Gasteiger partial charge >= 0.3 is 0 Å². The lowest BCUT2D eigenvalue weighted by Crippen LogP contribution is -2.08. The minimum Gasteiger partial charge on any atom is -0.369 e. The largest absolute Gasteiger partial charge is 0.369 e. The minimum absolute atomic E-state index is 0.154. The zero-order chi connectivity index (χ0) is 13.3. The van der Waals surface area contributed by atoms with E-state index in [0.29, 0.717) is 17.3 Å². The summed E-state index contributed by atoms with van der Waals surface area (Å²) in [5.41, 5.74) is 6.30. The Labute approximate surface area is 108 Å². The normalized spacial score (nSPS) is 13.1. The number of aromatic nitrogens is 2. The van der Waals surface area contributed by atoms with Gasteiger partial charge in [0.2, 0.25) is 5.95 Å². The third-order valence-corrected chi connectivity index (χ3v) is 4.03. The van der Waals surface area contributed by atoms with Gasteiger partial charge in [-0.25, -0.2) is 13.8 Å². The molecule has 0 radical (unpaired) electrons. The first-order valence-electron chi connectivity index (χ1n) is 5.67. The van der Waals surface area contributed by atoms with Crippen molar-refractivity contribution in [3.8, 4) is 0 Å². The lowest BCUT2D eigenvalue weighted by molar-refractivity contribution is 0.510. The standard InChI is InChI=1S/C12H15F2N3S/c1-7(18-2)5-6-17-11-9(16-12(17)15)4-3-8(13)10(11)14/h3-4,7H,5-6H2,1-2H3,(H2,15,16). The summed E-state index contributed by atoms with van der Waals surface area (Å²) in [5, 5.41) is 0.429. The molecule has 0 saturated carbocycles. The van der Waals surface area contributed by atoms with Gasteiger partial charge in [-0.3, -0.25) is 0 Å². The number of nitrogens with zero attached hydrogens (tertiary/aromatic N) is 2. The summed E-state index contributed by atoms with van der Waals surface area (Å²) in [6.07, 6.45) is 2.84. The number of imidazole rings is 1. The maximum absolute atomic E-state index is 13.8. The molecule has 0 bridgehead atoms. The molecular weight excluding hydrogens is 256 g/mol. The Morgan fingerprint density at radius 3 is 2.83 bits per heavy atom. The van der Waals surface area contributed by atoms with Crippen LogP contribution in [0.15, 0.2) is 12.1 Å². The summed E-state index contributed by atoms with van der Waals surface area (Å²) >= 11 is 1.72. The number of hydrogen-bond acceptors (Lipinski definition) is 3. The van der Waals surface area contributed by atoms with Crippen molar-refractivity contribution in [3.63, 3.8) is 0 Å². The van der Waals surface area contributed by atoms with Crippen molar-refractivity contribution in [1.29, 1.82) is 0 Å². The monoisotopic (exact) mass is 271 g/mol. The van der Waals surface area contributed by atoms with Crippen LogP contribution >= 0.6 is 11.8 Å². The molecular formula is C12H15F2N3S. The number of hydrogen-bond donors (Lipinski definition) is 1. The lowest BCUT2D eigenvalue weighted by atomic mass is 10.2. The molecule has 0 amide bonds. The van der Waals surface area contributed by atoms with Gasteiger partial charge in [-0.1, -0.05) is 6.92 Å². The van der Waals surface area contributed by atoms with E-state index in [-0.39, 0.29) is 11.5 Å². The van der Waals surface area contributed by atoms with E-state index in [0.717, 1.165) is 12.5 Å². The predicted molar refractivity (Wildman–Crippen MR) is 71.7 cm³/mol. The molecule has 0 spiro atoms. The average molecular weight is 271 g/mol. The Bertz CT molecular complexity index is 568. The molecule has 1 unspecified atom stereocenters. The van der Waals surface area contributed by atoms with Gasteiger partial charge in [0.1, 0.15) is 5.52 Å². The maximum atomic E-state index is 13.8. The average Bonchev–Trinajstić information content (AvgIpc) is 2.68. The molecule has 18 heavy (non-hydrogen) atoms. The number of thioether (sulfide) groups is 1. The van der Waals surface area contributed by atoms with Crippen molar-refractivity contribution in [2.45, 2.75) is 25.1 Å². The zero-order valence-corrected chi connectivity index (χ0v) is 11.1. The van der Waals surface area contributed by atoms with E-state index in [1.165, 1.54) is 6.07 Å². The SMILES string of the molecule is CSC(C)CCn1c(N)nc2ccc(F)c(F)c21. The van der Waals surface area contributed by atoms with Gasteiger partial charge in [0.15, 0.2) is 11.6 Å². The first-order valence-corrected chi connectivity index (χ1v) is 6.96. The number of anilines is 1. The number of rotatable bonds is 4. The second-order valence-corrected chi connectivity index (χ2v) is 5.46. The van der Waals surface area contributed by atoms with E-state index in [1.54, 1.807) is 16.3 Å². The molecule has 0 saturated heterocycles. The van der Waals surface area contributed by atoms with Gasteiger partial charge in [0.25, 0.3) is 0 Å². The summed E-state index contributed by atoms with van der Waals surface area (Å²) in [7, 11) is 0. The number of nitrogen functional groups attached to an aromatic ring is 1. The quantitative estimate of drug-likeness (QED) is 0.929. The summed E-state index contributed by atoms with van der Waals surface area (Å²) in [6, 6.07) is 2.51. The fourth-order valence-electron chi connectivity index (χ4n) is 1.83. The van der Waals surface area contributed by atoms with Gasteiger partial charge < -0.3 is 10.3 Å². The molecule has 6 heteroatoms. The number of nitrogens with two attached hydrogens (primary N) is 1. The summed E-state index contributed by atoms with van der Waals surface area (Å²) in [6.45, 7) is 2.61. The number of benzene rings is 1. The molecule has 0 aliphatic carbocycles. The fourth-order valence-corrected chi connectivity index (χ4v) is 2.17. The highest BCUT2D eigenvalue weighted by Crippen LogP contribution is 2.24. The molecule has 98 valence electrons. The topological polar surface area (TPSA) is 43.8 Å². The lowest BCUT2D eigenvalue weighted by Gasteiger charge is -2.10. The van der Waals surface area contributed by atoms with Crippen molar-refractivity contribution < 1.29 is 8.78 Å². The van der Waals surface area contributed by atoms with Crippen molar-refractivity contribution in [2.75, 3.05) is 12.0 Å². The first kappa shape index (κ1) is 13.1. The third-order valence-electron chi connectivity index (χ3n) is 2.99. The molecule has 1 heterocycles. The summed E-state index contributed by atoms with van der Waals surface area (Å²) in [4.78, 5) is 4.05. The van der Waals surface area contributed by atoms with Crippen LogP contribution in [0.2, 0.25) is 0 Å². The van der Waals surface area contributed by atoms with Crippen molar-refractivity contribution in [1.82, 2.24) is 9.55 Å². The van der Waals surface area contributed by atoms with E-state index >= 15 is 0 Å². The second kappa shape index (κ2) is 5.14. The van der Waals surface area contributed by atoms with Crippen LogP contribution in [0.25, 0.3) is 11.0 Å². The molecule has 3 nitrogen and oxygen atoms in total. The minimum atomic E-state index is -0.881. The van der Waals surface area contributed by atoms with E-state index in [9.17, 15) is 8.78 Å². The fraction of sp³-hybridized carbons (Fsp3) is 0.417. The summed E-state index contributed by atoms with van der Waals surface area (Å²) < 4.78 is 28.6. The molecule has 1 atom stereocenters. The highest BCUT2D eigenvalue weighted by atomic mass is 32.2. The smallest absolute Gasteiger partial charge is 0.201 e. The van der Waals surface area contributed by atoms with Crippen LogP contribution < -0.4 is 5.73 Å². The zero-order valence-electron chi connectivity index (χ0n) is 10.3. The van der Waals surface area contributed by atoms with Gasteiger partial charge in [-0.05, 0) is 24.8 Å². The predicted octanol–water partition coefficient (Wildman–Crippen LogP) is 3.04. The number of fused-ring (bicyclic) bond motifs is 1. The van der Waals surface area contributed by atoms with Crippen molar-refractivity contribution in [3.05, 3.63) is 23.8 Å². The molecule has 1 aromatic heterocycles. The van der Waals surface area contributed by atoms with Crippen LogP contribution in [0, 0.1) is 11.6 Å². The molecule has 2 rings (SSSR count). The molecule has 0 fully saturated rings. The van der Waals surface area contributed by atoms with E-state index in [1.807, 2.05) is 6.26 Å². The Morgan fingerprint density at radius 1 is 1.44 bits per heavy atom. The van der Waals surface area contributed by atoms with Gasteiger partial charge in [0, 0.05) is 11.8 Å². The van der Waals surface area contributed by atoms with Crippen LogP contribution in [0.1, 0.15) is 13.3 Å². The molecule has 0 aliphatic heterocycles. The van der Waals surface area contributed by atoms with Crippen LogP contribution in [-0.2, 0) is 6.54 Å². The Morgan fingerprint density at radius 2 is 2.17 bits per heavy atom. The van der Waals surface area contributed by atoms with Crippen molar-refractivity contribution in [2.24, 2.45) is 0 Å². The molecule has 2 aromatic rings. The highest BCUT2D eigenvalue weighted by molar-refractivity contribution is 7.99. The van der Waals surface area contributed by atoms with Gasteiger partial charge in [-0.15, -0.1) is 0 Å². The Kier molecular flexibility index (Phi) is 3.75. The number of halogens is 2. The van der Waals surface area contributed by atoms with Crippen LogP contribution in [-0.4, -0.2) is 21.1 Å². The summed E-state index contributed by atoms with van der Waals surface area (Å²) in [5.74, 6) is -1.53. The third kappa shape index (κ3) is 2.29. The van der Waals surface area contributed by atoms with Crippen LogP contribution in [0.3, 0.4) is 0 Å². The van der Waals surface area contributed by atoms with Gasteiger partial charge in [-0.2, -0.15) is 11.8 Å². The second-order valence-electron chi connectivity index (χ2n) is 4.19. The molecule has 0 aliphatic rings. The van der Waals surface area contributed by atoms with Gasteiger partial charge in [0.05, 0.1) is 5.52 Å². The highest BCUT2D eigenvalue weighted by Gasteiger charge is 2.16. The van der Waals surface area contributed by atoms with Crippen LogP contribution in [0.5, 0.6) is 0 Å². The Hall–Kier alpha value is -1.30. The maximum Gasteiger partial charge on any atom is 0.201 e. The van der Waals surface area contributed by atoms with E-state index < -0.39 is 11.6 Å². The number of aryl methyl sites for hydroxylation is 1. The van der Waals surface area contributed by atoms with Crippen LogP contribution in [0.4, 0.5) is 14.7 Å². The Balaban J connectivity index is 2.42. The van der Waals surface area contributed by atoms with E-state index in [2.05, 4.69) is 11.9 Å².